The molecule has 0 radical (unpaired) electrons. The van der Waals surface area contributed by atoms with Crippen LogP contribution in [0, 0.1) is 0 Å². The number of rotatable bonds is 4. The van der Waals surface area contributed by atoms with Crippen LogP contribution in [-0.2, 0) is 20.0 Å². The van der Waals surface area contributed by atoms with Crippen molar-refractivity contribution in [3.05, 3.63) is 69.6 Å². The molecule has 5 heterocycles. The van der Waals surface area contributed by atoms with Crippen molar-refractivity contribution in [3.8, 4) is 0 Å². The number of aromatic nitrogens is 8. The number of hydrogen-bond donors (Lipinski definition) is 2. The minimum absolute atomic E-state index is 0.136. The molecule has 10 heteroatoms. The summed E-state index contributed by atoms with van der Waals surface area (Å²) in [6.07, 6.45) is 5.83. The van der Waals surface area contributed by atoms with Gasteiger partial charge in [-0.3, -0.25) is 9.89 Å². The second-order valence-electron chi connectivity index (χ2n) is 7.16. The Balaban J connectivity index is 1.45. The van der Waals surface area contributed by atoms with Crippen LogP contribution in [0.4, 0.5) is 0 Å². The van der Waals surface area contributed by atoms with Crippen molar-refractivity contribution < 1.29 is 0 Å². The van der Waals surface area contributed by atoms with Gasteiger partial charge in [-0.05, 0) is 12.1 Å². The van der Waals surface area contributed by atoms with Crippen LogP contribution in [0.25, 0.3) is 32.3 Å². The number of benzene rings is 1. The van der Waals surface area contributed by atoms with E-state index in [1.807, 2.05) is 35.9 Å². The zero-order chi connectivity index (χ0) is 20.2. The molecule has 0 amide bonds. The van der Waals surface area contributed by atoms with Gasteiger partial charge in [-0.25, -0.2) is 14.6 Å². The highest BCUT2D eigenvalue weighted by molar-refractivity contribution is 7.19. The second kappa shape index (κ2) is 6.36. The third-order valence-electron chi connectivity index (χ3n) is 5.32. The van der Waals surface area contributed by atoms with E-state index in [2.05, 4.69) is 25.3 Å². The van der Waals surface area contributed by atoms with E-state index in [1.54, 1.807) is 30.1 Å². The lowest BCUT2D eigenvalue weighted by molar-refractivity contribution is 0.646. The van der Waals surface area contributed by atoms with Crippen molar-refractivity contribution in [2.75, 3.05) is 0 Å². The average Bonchev–Trinajstić information content (AvgIpc) is 3.52. The number of fused-ring (bicyclic) bond motifs is 4. The normalized spacial score (nSPS) is 11.9. The molecule has 0 aliphatic carbocycles. The number of H-pyrrole nitrogens is 2. The molecule has 0 bridgehead atoms. The highest BCUT2D eigenvalue weighted by atomic mass is 32.1. The smallest absolute Gasteiger partial charge is 0.291 e. The minimum atomic E-state index is -0.136. The molecule has 6 aromatic rings. The van der Waals surface area contributed by atoms with Crippen LogP contribution >= 0.6 is 11.3 Å². The van der Waals surface area contributed by atoms with Crippen LogP contribution in [0.2, 0.25) is 0 Å². The largest absolute Gasteiger partial charge is 0.345 e. The Morgan fingerprint density at radius 3 is 3.03 bits per heavy atom. The fraction of sp³-hybridized carbons (Fsp3) is 0.150. The molecule has 0 unspecified atom stereocenters. The number of hydrogen-bond acceptors (Lipinski definition) is 6. The van der Waals surface area contributed by atoms with Gasteiger partial charge in [-0.15, -0.1) is 11.3 Å². The second-order valence-corrected chi connectivity index (χ2v) is 8.25. The lowest BCUT2D eigenvalue weighted by Crippen LogP contribution is -2.24. The number of aromatic amines is 2. The van der Waals surface area contributed by atoms with Gasteiger partial charge >= 0.3 is 0 Å². The van der Waals surface area contributed by atoms with Gasteiger partial charge in [0.1, 0.15) is 10.5 Å². The summed E-state index contributed by atoms with van der Waals surface area (Å²) in [4.78, 5) is 25.5. The lowest BCUT2D eigenvalue weighted by Gasteiger charge is -2.06. The predicted octanol–water partition coefficient (Wildman–Crippen LogP) is 2.58. The zero-order valence-corrected chi connectivity index (χ0v) is 16.8. The first-order chi connectivity index (χ1) is 14.7. The first kappa shape index (κ1) is 17.1. The Morgan fingerprint density at radius 2 is 2.17 bits per heavy atom. The summed E-state index contributed by atoms with van der Waals surface area (Å²) in [5.41, 5.74) is 5.02. The van der Waals surface area contributed by atoms with E-state index in [0.717, 1.165) is 43.0 Å². The van der Waals surface area contributed by atoms with Crippen molar-refractivity contribution in [1.82, 2.24) is 39.5 Å². The van der Waals surface area contributed by atoms with E-state index in [1.165, 1.54) is 4.68 Å². The summed E-state index contributed by atoms with van der Waals surface area (Å²) >= 11 is 1.59. The highest BCUT2D eigenvalue weighted by Crippen LogP contribution is 2.31. The number of thiazole rings is 1. The number of para-hydroxylation sites is 1. The zero-order valence-electron chi connectivity index (χ0n) is 16.0. The van der Waals surface area contributed by atoms with Crippen molar-refractivity contribution in [1.29, 1.82) is 0 Å². The third kappa shape index (κ3) is 2.50. The van der Waals surface area contributed by atoms with Crippen LogP contribution in [0.1, 0.15) is 16.3 Å². The average molecular weight is 416 g/mol. The number of nitrogens with zero attached hydrogens (tertiary/aromatic N) is 6. The first-order valence-electron chi connectivity index (χ1n) is 9.42. The van der Waals surface area contributed by atoms with Crippen molar-refractivity contribution >= 4 is 43.6 Å². The lowest BCUT2D eigenvalue weighted by atomic mass is 10.2. The molecule has 5 aromatic heterocycles. The molecule has 0 saturated heterocycles. The Labute approximate surface area is 173 Å². The molecule has 2 N–H and O–H groups in total. The molecule has 9 nitrogen and oxygen atoms in total. The van der Waals surface area contributed by atoms with Crippen molar-refractivity contribution in [2.45, 2.75) is 13.0 Å². The van der Waals surface area contributed by atoms with Gasteiger partial charge in [-0.1, -0.05) is 12.1 Å². The van der Waals surface area contributed by atoms with Crippen LogP contribution in [0.15, 0.2) is 47.8 Å². The molecule has 0 atom stereocenters. The van der Waals surface area contributed by atoms with E-state index < -0.39 is 0 Å². The maximum absolute atomic E-state index is 13.3. The van der Waals surface area contributed by atoms with E-state index >= 15 is 0 Å². The highest BCUT2D eigenvalue weighted by Gasteiger charge is 2.19. The Hall–Kier alpha value is -3.79. The first-order valence-corrected chi connectivity index (χ1v) is 10.2. The van der Waals surface area contributed by atoms with Gasteiger partial charge in [0.05, 0.1) is 34.8 Å². The van der Waals surface area contributed by atoms with Crippen LogP contribution in [0.3, 0.4) is 0 Å². The van der Waals surface area contributed by atoms with Gasteiger partial charge in [0, 0.05) is 36.3 Å². The molecule has 30 heavy (non-hydrogen) atoms. The molecular weight excluding hydrogens is 400 g/mol. The summed E-state index contributed by atoms with van der Waals surface area (Å²) in [5.74, 6) is 0. The van der Waals surface area contributed by atoms with E-state index in [4.69, 9.17) is 4.98 Å². The van der Waals surface area contributed by atoms with E-state index in [-0.39, 0.29) is 5.56 Å². The molecule has 0 spiro atoms. The minimum Gasteiger partial charge on any atom is -0.345 e. The molecule has 6 rings (SSSR count). The van der Waals surface area contributed by atoms with Crippen molar-refractivity contribution in [3.63, 3.8) is 0 Å². The molecule has 0 fully saturated rings. The maximum atomic E-state index is 13.3. The van der Waals surface area contributed by atoms with Gasteiger partial charge in [-0.2, -0.15) is 10.2 Å². The topological polar surface area (TPSA) is 110 Å². The number of nitrogens with one attached hydrogen (secondary N) is 2. The SMILES string of the molecule is Cn1c2nc(Cc3ccn[nH]3)sc2c2cnn(Cc3cccc4[nH]cnc34)c(=O)c21. The van der Waals surface area contributed by atoms with Gasteiger partial charge < -0.3 is 9.55 Å². The van der Waals surface area contributed by atoms with Crippen LogP contribution in [0.5, 0.6) is 0 Å². The Bertz CT molecular complexity index is 1580. The van der Waals surface area contributed by atoms with E-state index in [9.17, 15) is 4.79 Å². The fourth-order valence-corrected chi connectivity index (χ4v) is 5.01. The molecule has 0 aliphatic heterocycles. The predicted molar refractivity (Wildman–Crippen MR) is 115 cm³/mol. The van der Waals surface area contributed by atoms with Gasteiger partial charge in [0.15, 0.2) is 5.65 Å². The molecule has 1 aromatic carbocycles. The van der Waals surface area contributed by atoms with Gasteiger partial charge in [0.2, 0.25) is 0 Å². The number of aryl methyl sites for hydroxylation is 1. The van der Waals surface area contributed by atoms with Gasteiger partial charge in [0.25, 0.3) is 5.56 Å². The third-order valence-corrected chi connectivity index (χ3v) is 6.40. The molecule has 148 valence electrons. The summed E-state index contributed by atoms with van der Waals surface area (Å²) in [5, 5.41) is 13.2. The fourth-order valence-electron chi connectivity index (χ4n) is 3.88. The Kier molecular flexibility index (Phi) is 3.62. The summed E-state index contributed by atoms with van der Waals surface area (Å²) in [6.45, 7) is 0.355. The summed E-state index contributed by atoms with van der Waals surface area (Å²) < 4.78 is 4.34. The van der Waals surface area contributed by atoms with Crippen molar-refractivity contribution in [2.24, 2.45) is 7.05 Å². The monoisotopic (exact) mass is 416 g/mol. The molecular formula is C20H16N8OS. The summed E-state index contributed by atoms with van der Waals surface area (Å²) in [6, 6.07) is 7.81. The van der Waals surface area contributed by atoms with E-state index in [0.29, 0.717) is 18.5 Å². The van der Waals surface area contributed by atoms with Crippen LogP contribution < -0.4 is 5.56 Å². The quantitative estimate of drug-likeness (QED) is 0.459. The standard InChI is InChI=1S/C20H16N8OS/c1-27-17-13(18-19(27)25-15(30-18)7-12-5-6-23-26-12)8-24-28(20(17)29)9-11-3-2-4-14-16(11)22-10-21-14/h2-6,8,10H,7,9H2,1H3,(H,21,22)(H,23,26). The van der Waals surface area contributed by atoms with Crippen LogP contribution in [-0.4, -0.2) is 39.5 Å². The number of imidazole rings is 1. The molecule has 0 aliphatic rings. The molecule has 0 saturated carbocycles. The Morgan fingerprint density at radius 1 is 1.23 bits per heavy atom. The summed E-state index contributed by atoms with van der Waals surface area (Å²) in [7, 11) is 1.88. The maximum Gasteiger partial charge on any atom is 0.291 e.